The molecule has 2 nitrogen and oxygen atoms in total. The number of rotatable bonds is 1. The van der Waals surface area contributed by atoms with Gasteiger partial charge in [-0.1, -0.05) is 18.2 Å². The molecular formula is C11H9O2. The number of fused-ring (bicyclic) bond motifs is 1. The van der Waals surface area contributed by atoms with Gasteiger partial charge in [0.2, 0.25) is 0 Å². The molecule has 65 valence electrons. The van der Waals surface area contributed by atoms with Gasteiger partial charge in [-0.2, -0.15) is 0 Å². The number of allylic oxidation sites excluding steroid dienone is 1. The van der Waals surface area contributed by atoms with E-state index in [1.165, 1.54) is 0 Å². The third-order valence-corrected chi connectivity index (χ3v) is 1.94. The predicted octanol–water partition coefficient (Wildman–Crippen LogP) is 2.42. The molecule has 0 saturated carbocycles. The number of esters is 1. The monoisotopic (exact) mass is 173 g/mol. The molecule has 0 unspecified atom stereocenters. The lowest BCUT2D eigenvalue weighted by Crippen LogP contribution is -1.92. The van der Waals surface area contributed by atoms with Crippen LogP contribution in [0.1, 0.15) is 22.3 Å². The highest BCUT2D eigenvalue weighted by molar-refractivity contribution is 6.02. The Morgan fingerprint density at radius 3 is 2.69 bits per heavy atom. The van der Waals surface area contributed by atoms with Gasteiger partial charge in [-0.15, -0.1) is 0 Å². The van der Waals surface area contributed by atoms with Crippen LogP contribution in [-0.4, -0.2) is 5.97 Å². The van der Waals surface area contributed by atoms with E-state index in [1.807, 2.05) is 24.3 Å². The topological polar surface area (TPSA) is 26.3 Å². The number of cyclic esters (lactones) is 1. The lowest BCUT2D eigenvalue weighted by atomic mass is 10.1. The van der Waals surface area contributed by atoms with Gasteiger partial charge >= 0.3 is 5.97 Å². The quantitative estimate of drug-likeness (QED) is 0.609. The van der Waals surface area contributed by atoms with Gasteiger partial charge in [-0.3, -0.25) is 0 Å². The second-order valence-electron chi connectivity index (χ2n) is 2.79. The Morgan fingerprint density at radius 1 is 1.31 bits per heavy atom. The van der Waals surface area contributed by atoms with Crippen molar-refractivity contribution in [2.75, 3.05) is 0 Å². The lowest BCUT2D eigenvalue weighted by Gasteiger charge is -1.95. The van der Waals surface area contributed by atoms with Gasteiger partial charge in [0, 0.05) is 5.56 Å². The van der Waals surface area contributed by atoms with Crippen LogP contribution >= 0.6 is 0 Å². The van der Waals surface area contributed by atoms with Crippen LogP contribution in [0.15, 0.2) is 30.3 Å². The molecule has 1 aromatic rings. The molecule has 0 aliphatic carbocycles. The van der Waals surface area contributed by atoms with Crippen molar-refractivity contribution in [2.24, 2.45) is 0 Å². The molecule has 0 saturated heterocycles. The first-order chi connectivity index (χ1) is 6.33. The second-order valence-corrected chi connectivity index (χ2v) is 2.79. The molecular weight excluding hydrogens is 164 g/mol. The van der Waals surface area contributed by atoms with Crippen molar-refractivity contribution < 1.29 is 9.53 Å². The van der Waals surface area contributed by atoms with Gasteiger partial charge in [0.25, 0.3) is 0 Å². The first-order valence-electron chi connectivity index (χ1n) is 4.14. The Balaban J connectivity index is 2.53. The molecule has 1 radical (unpaired) electrons. The molecule has 0 fully saturated rings. The normalized spacial score (nSPS) is 17.3. The Morgan fingerprint density at radius 2 is 2.00 bits per heavy atom. The summed E-state index contributed by atoms with van der Waals surface area (Å²) in [4.78, 5) is 11.3. The maximum Gasteiger partial charge on any atom is 0.344 e. The molecule has 0 aromatic heterocycles. The van der Waals surface area contributed by atoms with Crippen molar-refractivity contribution in [3.05, 3.63) is 48.4 Å². The highest BCUT2D eigenvalue weighted by Gasteiger charge is 2.24. The highest BCUT2D eigenvalue weighted by Crippen LogP contribution is 2.29. The first kappa shape index (κ1) is 8.05. The number of hydrogen-bond acceptors (Lipinski definition) is 2. The Hall–Kier alpha value is -1.57. The number of ether oxygens (including phenoxy) is 1. The fourth-order valence-corrected chi connectivity index (χ4v) is 1.37. The first-order valence-corrected chi connectivity index (χ1v) is 4.14. The summed E-state index contributed by atoms with van der Waals surface area (Å²) in [6.45, 7) is 3.68. The van der Waals surface area contributed by atoms with Crippen molar-refractivity contribution in [2.45, 2.75) is 6.42 Å². The molecule has 0 N–H and O–H groups in total. The minimum atomic E-state index is -0.268. The molecule has 1 aliphatic rings. The fourth-order valence-electron chi connectivity index (χ4n) is 1.37. The maximum atomic E-state index is 11.3. The maximum absolute atomic E-state index is 11.3. The average molecular weight is 173 g/mol. The van der Waals surface area contributed by atoms with Crippen molar-refractivity contribution in [3.63, 3.8) is 0 Å². The summed E-state index contributed by atoms with van der Waals surface area (Å²) in [6.07, 6.45) is 2.43. The largest absolute Gasteiger partial charge is 0.423 e. The van der Waals surface area contributed by atoms with Gasteiger partial charge in [-0.05, 0) is 25.5 Å². The molecule has 0 bridgehead atoms. The zero-order valence-electron chi connectivity index (χ0n) is 7.12. The van der Waals surface area contributed by atoms with E-state index in [4.69, 9.17) is 4.74 Å². The molecule has 2 heteroatoms. The summed E-state index contributed by atoms with van der Waals surface area (Å²) >= 11 is 0. The van der Waals surface area contributed by atoms with Gasteiger partial charge in [0.1, 0.15) is 5.76 Å². The van der Waals surface area contributed by atoms with Gasteiger partial charge in [0.15, 0.2) is 0 Å². The van der Waals surface area contributed by atoms with Gasteiger partial charge in [0.05, 0.1) is 5.56 Å². The third kappa shape index (κ3) is 1.24. The van der Waals surface area contributed by atoms with Crippen LogP contribution in [0.3, 0.4) is 0 Å². The van der Waals surface area contributed by atoms with Crippen LogP contribution in [0.5, 0.6) is 0 Å². The number of carbonyl (C=O) groups excluding carboxylic acids is 1. The molecule has 0 atom stereocenters. The van der Waals surface area contributed by atoms with E-state index >= 15 is 0 Å². The zero-order chi connectivity index (χ0) is 9.26. The molecule has 0 amide bonds. The zero-order valence-corrected chi connectivity index (χ0v) is 7.12. The van der Waals surface area contributed by atoms with Crippen LogP contribution in [-0.2, 0) is 4.74 Å². The Kier molecular flexibility index (Phi) is 1.89. The lowest BCUT2D eigenvalue weighted by molar-refractivity contribution is 0.0715. The van der Waals surface area contributed by atoms with E-state index in [1.54, 1.807) is 6.07 Å². The van der Waals surface area contributed by atoms with E-state index in [0.717, 1.165) is 5.56 Å². The second kappa shape index (κ2) is 3.05. The van der Waals surface area contributed by atoms with Crippen LogP contribution in [0.2, 0.25) is 0 Å². The Labute approximate surface area is 76.8 Å². The van der Waals surface area contributed by atoms with Crippen LogP contribution in [0, 0.1) is 6.92 Å². The molecule has 0 spiro atoms. The summed E-state index contributed by atoms with van der Waals surface area (Å²) in [6, 6.07) is 7.36. The number of hydrogen-bond donors (Lipinski definition) is 0. The summed E-state index contributed by atoms with van der Waals surface area (Å²) < 4.78 is 5.05. The van der Waals surface area contributed by atoms with E-state index in [2.05, 4.69) is 6.92 Å². The van der Waals surface area contributed by atoms with Gasteiger partial charge < -0.3 is 4.74 Å². The van der Waals surface area contributed by atoms with Gasteiger partial charge in [-0.25, -0.2) is 4.79 Å². The Bertz CT molecular complexity index is 377. The van der Waals surface area contributed by atoms with Crippen molar-refractivity contribution >= 4 is 11.7 Å². The molecule has 1 aromatic carbocycles. The highest BCUT2D eigenvalue weighted by atomic mass is 16.5. The molecule has 1 heterocycles. The summed E-state index contributed by atoms with van der Waals surface area (Å²) in [5.74, 6) is 0.367. The third-order valence-electron chi connectivity index (χ3n) is 1.94. The van der Waals surface area contributed by atoms with E-state index in [9.17, 15) is 4.79 Å². The molecule has 13 heavy (non-hydrogen) atoms. The molecule has 1 aliphatic heterocycles. The predicted molar refractivity (Wildman–Crippen MR) is 49.8 cm³/mol. The van der Waals surface area contributed by atoms with Crippen molar-refractivity contribution in [3.8, 4) is 0 Å². The van der Waals surface area contributed by atoms with Crippen molar-refractivity contribution in [1.82, 2.24) is 0 Å². The summed E-state index contributed by atoms with van der Waals surface area (Å²) in [5.41, 5.74) is 1.51. The van der Waals surface area contributed by atoms with Crippen LogP contribution < -0.4 is 0 Å². The van der Waals surface area contributed by atoms with Crippen LogP contribution in [0.4, 0.5) is 0 Å². The van der Waals surface area contributed by atoms with E-state index in [-0.39, 0.29) is 5.97 Å². The van der Waals surface area contributed by atoms with Crippen LogP contribution in [0.25, 0.3) is 5.76 Å². The minimum Gasteiger partial charge on any atom is -0.423 e. The fraction of sp³-hybridized carbons (Fsp3) is 0.0909. The standard InChI is InChI=1S/C11H9O2/c1-2-5-10-8-6-3-4-7-9(8)11(12)13-10/h3-7H,1-2H2/b10-5-. The summed E-state index contributed by atoms with van der Waals surface area (Å²) in [5, 5.41) is 0. The summed E-state index contributed by atoms with van der Waals surface area (Å²) in [7, 11) is 0. The molecule has 2 rings (SSSR count). The SMILES string of the molecule is [CH2]C/C=C1\OC(=O)c2ccccc21. The minimum absolute atomic E-state index is 0.268. The van der Waals surface area contributed by atoms with Crippen molar-refractivity contribution in [1.29, 1.82) is 0 Å². The average Bonchev–Trinajstić information content (AvgIpc) is 2.46. The number of benzene rings is 1. The van der Waals surface area contributed by atoms with E-state index < -0.39 is 0 Å². The smallest absolute Gasteiger partial charge is 0.344 e. The number of carbonyl (C=O) groups is 1. The van der Waals surface area contributed by atoms with E-state index in [0.29, 0.717) is 17.7 Å².